The number of allylic oxidation sites excluding steroid dienone is 1. The number of nitrogens with zero attached hydrogens (tertiary/aromatic N) is 4. The number of hydrogen-bond acceptors (Lipinski definition) is 13. The Morgan fingerprint density at radius 2 is 1.70 bits per heavy atom. The fourth-order valence-corrected chi connectivity index (χ4v) is 4.88. The zero-order valence-corrected chi connectivity index (χ0v) is 34.4. The van der Waals surface area contributed by atoms with E-state index in [1.165, 1.54) is 6.07 Å². The summed E-state index contributed by atoms with van der Waals surface area (Å²) in [5.74, 6) is -1.53. The third-order valence-corrected chi connectivity index (χ3v) is 7.17. The molecule has 298 valence electrons. The number of carbonyl (C=O) groups is 3. The molecule has 0 bridgehead atoms. The zero-order valence-electron chi connectivity index (χ0n) is 31.2. The van der Waals surface area contributed by atoms with Crippen molar-refractivity contribution in [3.8, 4) is 5.75 Å². The van der Waals surface area contributed by atoms with Gasteiger partial charge >= 0.3 is 18.0 Å². The van der Waals surface area contributed by atoms with E-state index in [2.05, 4.69) is 44.4 Å². The third-order valence-electron chi connectivity index (χ3n) is 6.08. The number of nitrogens with one attached hydrogen (secondary N) is 3. The number of carboxylic acid groups (broad SMARTS) is 1. The standard InChI is InChI=1S/C17H17ClFNO4.C9H16ClN5.C3H8NO5P.C3H9S/c1-9(2)15-16(21)20(17(22)24-15)13-8-14(11(18)7-12(13)19)23-10-5-3-4-6-10;1-5-11-7-12-6(10)13-8(14-7)15-9(2,3)4;5-3(6)1-4-2-10(7,8)9;1-4(2)3/h7-8,10H,3-6H2,1-2H3;5H2,1-4H3,(H2,11,12,13,14,15);4H,1-2H2,(H,5,6)(H2,7,8,9);1-3H3/q;;;+1/p-1. The summed E-state index contributed by atoms with van der Waals surface area (Å²) in [7, 11) is -3.71. The molecule has 2 aromatic rings. The van der Waals surface area contributed by atoms with Gasteiger partial charge in [-0.15, -0.1) is 0 Å². The number of carboxylic acids is 1. The number of halogens is 3. The van der Waals surface area contributed by atoms with Crippen LogP contribution < -0.4 is 30.5 Å². The van der Waals surface area contributed by atoms with Gasteiger partial charge in [-0.1, -0.05) is 11.6 Å². The lowest BCUT2D eigenvalue weighted by atomic mass is 10.1. The smallest absolute Gasteiger partial charge is 0.427 e. The van der Waals surface area contributed by atoms with Gasteiger partial charge in [-0.2, -0.15) is 15.0 Å². The van der Waals surface area contributed by atoms with Gasteiger partial charge in [0.15, 0.2) is 5.76 Å². The van der Waals surface area contributed by atoms with Gasteiger partial charge in [0, 0.05) is 18.2 Å². The predicted octanol–water partition coefficient (Wildman–Crippen LogP) is 5.40. The maximum absolute atomic E-state index is 14.3. The molecule has 16 nitrogen and oxygen atoms in total. The van der Waals surface area contributed by atoms with Crippen molar-refractivity contribution in [2.75, 3.05) is 53.7 Å². The molecule has 4 rings (SSSR count). The molecular formula is C32H49Cl2FN7O9PS. The van der Waals surface area contributed by atoms with Gasteiger partial charge in [0.1, 0.15) is 19.2 Å². The number of aromatic nitrogens is 3. The first-order chi connectivity index (χ1) is 24.4. The molecule has 53 heavy (non-hydrogen) atoms. The van der Waals surface area contributed by atoms with Crippen molar-refractivity contribution >= 4 is 77.2 Å². The van der Waals surface area contributed by atoms with Crippen molar-refractivity contribution in [3.63, 3.8) is 0 Å². The molecule has 2 heterocycles. The average Bonchev–Trinajstić information content (AvgIpc) is 3.60. The number of carbonyl (C=O) groups excluding carboxylic acids is 2. The van der Waals surface area contributed by atoms with E-state index in [1.54, 1.807) is 13.8 Å². The second-order valence-corrected chi connectivity index (χ2v) is 17.9. The lowest BCUT2D eigenvalue weighted by Crippen LogP contribution is -2.29. The molecule has 21 heteroatoms. The fraction of sp³-hybridized carbons (Fsp3) is 0.562. The molecule has 1 saturated heterocycles. The first kappa shape index (κ1) is 47.8. The number of anilines is 3. The van der Waals surface area contributed by atoms with Crippen LogP contribution in [0.3, 0.4) is 0 Å². The first-order valence-corrected chi connectivity index (χ1v) is 21.2. The lowest BCUT2D eigenvalue weighted by Gasteiger charge is -2.20. The molecule has 2 amide bonds. The Labute approximate surface area is 322 Å². The highest BCUT2D eigenvalue weighted by atomic mass is 35.5. The summed E-state index contributed by atoms with van der Waals surface area (Å²) < 4.78 is 35.0. The van der Waals surface area contributed by atoms with Gasteiger partial charge in [-0.05, 0) is 101 Å². The van der Waals surface area contributed by atoms with Crippen molar-refractivity contribution in [1.82, 2.24) is 20.3 Å². The van der Waals surface area contributed by atoms with Crippen LogP contribution in [0, 0.1) is 5.82 Å². The topological polar surface area (TPSA) is 228 Å². The van der Waals surface area contributed by atoms with E-state index in [0.29, 0.717) is 33.3 Å². The summed E-state index contributed by atoms with van der Waals surface area (Å²) >= 11 is 11.8. The van der Waals surface area contributed by atoms with Crippen LogP contribution in [0.15, 0.2) is 23.5 Å². The monoisotopic (exact) mass is 827 g/mol. The van der Waals surface area contributed by atoms with E-state index in [4.69, 9.17) is 42.7 Å². The van der Waals surface area contributed by atoms with Crippen molar-refractivity contribution < 1.29 is 47.7 Å². The second kappa shape index (κ2) is 22.2. The number of imide groups is 1. The first-order valence-electron chi connectivity index (χ1n) is 16.2. The van der Waals surface area contributed by atoms with Crippen LogP contribution in [0.4, 0.5) is 26.8 Å². The molecule has 1 aliphatic carbocycles. The van der Waals surface area contributed by atoms with E-state index < -0.39 is 44.2 Å². The molecule has 1 aromatic carbocycles. The van der Waals surface area contributed by atoms with Crippen LogP contribution in [0.25, 0.3) is 0 Å². The Bertz CT molecular complexity index is 1630. The summed E-state index contributed by atoms with van der Waals surface area (Å²) in [5.41, 5.74) is 0.208. The highest BCUT2D eigenvalue weighted by Crippen LogP contribution is 2.37. The molecule has 1 unspecified atom stereocenters. The Morgan fingerprint density at radius 1 is 1.13 bits per heavy atom. The van der Waals surface area contributed by atoms with Gasteiger partial charge in [-0.3, -0.25) is 14.9 Å². The van der Waals surface area contributed by atoms with Crippen LogP contribution in [-0.2, 0) is 29.8 Å². The Kier molecular flexibility index (Phi) is 20.0. The van der Waals surface area contributed by atoms with Crippen molar-refractivity contribution in [3.05, 3.63) is 39.6 Å². The van der Waals surface area contributed by atoms with Crippen molar-refractivity contribution in [2.24, 2.45) is 0 Å². The lowest BCUT2D eigenvalue weighted by molar-refractivity contribution is -0.193. The quantitative estimate of drug-likeness (QED) is 0.115. The normalized spacial score (nSPS) is 15.2. The maximum atomic E-state index is 14.3. The highest BCUT2D eigenvalue weighted by Gasteiger charge is 2.40. The molecule has 1 saturated carbocycles. The number of hydrogen-bond donors (Lipinski definition) is 5. The molecule has 0 spiro atoms. The van der Waals surface area contributed by atoms with Gasteiger partial charge < -0.3 is 39.6 Å². The third kappa shape index (κ3) is 19.1. The van der Waals surface area contributed by atoms with E-state index >= 15 is 0 Å². The fourth-order valence-electron chi connectivity index (χ4n) is 4.13. The van der Waals surface area contributed by atoms with Crippen molar-refractivity contribution in [2.45, 2.75) is 78.9 Å². The molecular weight excluding hydrogens is 779 g/mol. The summed E-state index contributed by atoms with van der Waals surface area (Å²) in [5, 5.41) is 16.4. The zero-order chi connectivity index (χ0) is 40.7. The minimum absolute atomic E-state index is 0.00962. The number of benzene rings is 1. The van der Waals surface area contributed by atoms with Crippen LogP contribution in [0.1, 0.15) is 67.2 Å². The number of amides is 2. The molecule has 0 radical (unpaired) electrons. The summed E-state index contributed by atoms with van der Waals surface area (Å²) in [4.78, 5) is 64.9. The summed E-state index contributed by atoms with van der Waals surface area (Å²) in [6.45, 7) is 11.6. The number of rotatable bonds is 10. The molecule has 2 fully saturated rings. The predicted molar refractivity (Wildman–Crippen MR) is 204 cm³/mol. The van der Waals surface area contributed by atoms with Gasteiger partial charge in [0.2, 0.25) is 17.2 Å². The Hall–Kier alpha value is -3.25. The van der Waals surface area contributed by atoms with Crippen LogP contribution in [0.5, 0.6) is 5.75 Å². The van der Waals surface area contributed by atoms with Crippen LogP contribution >= 0.6 is 30.8 Å². The Morgan fingerprint density at radius 3 is 2.17 bits per heavy atom. The number of aliphatic carboxylic acids is 1. The SMILES string of the molecule is CC(C)=C1OC(=O)N(c2cc(OC3CCCC3)c(Cl)cc2F)C1=O.CCNc1nc(Cl)nc(NC(C)(C)C)n1.C[S+](C)C.O=C(O)CNCP(=O)([O-])O. The van der Waals surface area contributed by atoms with Crippen LogP contribution in [-0.4, -0.2) is 92.7 Å². The summed E-state index contributed by atoms with van der Waals surface area (Å²) in [6.07, 6.45) is 8.87. The van der Waals surface area contributed by atoms with E-state index in [0.717, 1.165) is 38.3 Å². The second-order valence-electron chi connectivity index (χ2n) is 13.1. The highest BCUT2D eigenvalue weighted by molar-refractivity contribution is 7.94. The average molecular weight is 829 g/mol. The van der Waals surface area contributed by atoms with E-state index in [9.17, 15) is 28.2 Å². The van der Waals surface area contributed by atoms with Gasteiger partial charge in [0.05, 0.1) is 48.4 Å². The molecule has 1 aromatic heterocycles. The minimum Gasteiger partial charge on any atom is -0.778 e. The molecule has 1 aliphatic heterocycles. The van der Waals surface area contributed by atoms with Gasteiger partial charge in [0.25, 0.3) is 0 Å². The Balaban J connectivity index is 0.000000414. The van der Waals surface area contributed by atoms with Crippen molar-refractivity contribution in [1.29, 1.82) is 0 Å². The minimum atomic E-state index is -4.35. The van der Waals surface area contributed by atoms with Crippen LogP contribution in [0.2, 0.25) is 10.3 Å². The maximum Gasteiger partial charge on any atom is 0.427 e. The van der Waals surface area contributed by atoms with E-state index in [1.807, 2.05) is 33.0 Å². The summed E-state index contributed by atoms with van der Waals surface area (Å²) in [6, 6.07) is 2.32. The largest absolute Gasteiger partial charge is 0.778 e. The molecule has 2 aliphatic rings. The van der Waals surface area contributed by atoms with Gasteiger partial charge in [-0.25, -0.2) is 14.1 Å². The number of cyclic esters (lactones) is 1. The molecule has 1 atom stereocenters. The van der Waals surface area contributed by atoms with E-state index in [-0.39, 0.29) is 39.1 Å². The number of ether oxygens (including phenoxy) is 2. The molecule has 5 N–H and O–H groups in total.